The molecule has 0 radical (unpaired) electrons. The number of amides is 1. The highest BCUT2D eigenvalue weighted by Gasteiger charge is 2.11. The molecule has 1 heterocycles. The summed E-state index contributed by atoms with van der Waals surface area (Å²) in [5.74, 6) is 0.145. The standard InChI is InChI=1S/C11H16N2O/c1-9(2)13(3)11(14)8-10-4-6-12-7-5-10/h4-7,9H,8H2,1-3H3. The summed E-state index contributed by atoms with van der Waals surface area (Å²) in [6.07, 6.45) is 3.87. The number of hydrogen-bond acceptors (Lipinski definition) is 2. The molecule has 0 bridgehead atoms. The lowest BCUT2D eigenvalue weighted by Crippen LogP contribution is -2.34. The molecule has 14 heavy (non-hydrogen) atoms. The van der Waals surface area contributed by atoms with E-state index in [1.807, 2.05) is 33.0 Å². The van der Waals surface area contributed by atoms with Gasteiger partial charge >= 0.3 is 0 Å². The molecule has 0 N–H and O–H groups in total. The van der Waals surface area contributed by atoms with Crippen LogP contribution in [0.1, 0.15) is 19.4 Å². The summed E-state index contributed by atoms with van der Waals surface area (Å²) < 4.78 is 0. The highest BCUT2D eigenvalue weighted by Crippen LogP contribution is 2.02. The highest BCUT2D eigenvalue weighted by molar-refractivity contribution is 5.78. The molecule has 0 aliphatic heterocycles. The van der Waals surface area contributed by atoms with E-state index in [0.717, 1.165) is 5.56 Å². The average Bonchev–Trinajstić information content (AvgIpc) is 2.18. The summed E-state index contributed by atoms with van der Waals surface area (Å²) in [6, 6.07) is 3.99. The molecular weight excluding hydrogens is 176 g/mol. The van der Waals surface area contributed by atoms with Crippen LogP contribution in [0.15, 0.2) is 24.5 Å². The van der Waals surface area contributed by atoms with Gasteiger partial charge in [0.2, 0.25) is 5.91 Å². The van der Waals surface area contributed by atoms with Crippen molar-refractivity contribution in [3.63, 3.8) is 0 Å². The van der Waals surface area contributed by atoms with Crippen molar-refractivity contribution in [1.82, 2.24) is 9.88 Å². The van der Waals surface area contributed by atoms with Crippen molar-refractivity contribution in [2.45, 2.75) is 26.3 Å². The first-order chi connectivity index (χ1) is 6.61. The van der Waals surface area contributed by atoms with E-state index < -0.39 is 0 Å². The van der Waals surface area contributed by atoms with Crippen molar-refractivity contribution in [2.24, 2.45) is 0 Å². The molecule has 0 saturated carbocycles. The normalized spacial score (nSPS) is 10.3. The molecular formula is C11H16N2O. The summed E-state index contributed by atoms with van der Waals surface area (Å²) in [5, 5.41) is 0. The van der Waals surface area contributed by atoms with Crippen LogP contribution >= 0.6 is 0 Å². The second kappa shape index (κ2) is 4.74. The molecule has 0 aromatic carbocycles. The third-order valence-corrected chi connectivity index (χ3v) is 2.27. The smallest absolute Gasteiger partial charge is 0.226 e. The zero-order valence-corrected chi connectivity index (χ0v) is 8.90. The molecule has 1 aromatic rings. The van der Waals surface area contributed by atoms with E-state index in [-0.39, 0.29) is 11.9 Å². The van der Waals surface area contributed by atoms with E-state index >= 15 is 0 Å². The minimum absolute atomic E-state index is 0.145. The molecule has 0 aliphatic rings. The third kappa shape index (κ3) is 2.83. The fraction of sp³-hybridized carbons (Fsp3) is 0.455. The van der Waals surface area contributed by atoms with E-state index in [9.17, 15) is 4.79 Å². The molecule has 3 nitrogen and oxygen atoms in total. The molecule has 1 aromatic heterocycles. The molecule has 0 fully saturated rings. The van der Waals surface area contributed by atoms with Gasteiger partial charge in [-0.2, -0.15) is 0 Å². The zero-order valence-electron chi connectivity index (χ0n) is 8.90. The fourth-order valence-corrected chi connectivity index (χ4v) is 1.09. The van der Waals surface area contributed by atoms with Crippen molar-refractivity contribution >= 4 is 5.91 Å². The van der Waals surface area contributed by atoms with Gasteiger partial charge in [-0.05, 0) is 31.5 Å². The van der Waals surface area contributed by atoms with Crippen LogP contribution in [0.2, 0.25) is 0 Å². The van der Waals surface area contributed by atoms with Crippen LogP contribution in [0.5, 0.6) is 0 Å². The lowest BCUT2D eigenvalue weighted by molar-refractivity contribution is -0.130. The van der Waals surface area contributed by atoms with Gasteiger partial charge in [0.15, 0.2) is 0 Å². The molecule has 0 aliphatic carbocycles. The molecule has 0 atom stereocenters. The number of carbonyl (C=O) groups excluding carboxylic acids is 1. The summed E-state index contributed by atoms with van der Waals surface area (Å²) in [6.45, 7) is 4.01. The largest absolute Gasteiger partial charge is 0.343 e. The van der Waals surface area contributed by atoms with E-state index in [2.05, 4.69) is 4.98 Å². The van der Waals surface area contributed by atoms with Crippen molar-refractivity contribution < 1.29 is 4.79 Å². The predicted molar refractivity (Wildman–Crippen MR) is 55.8 cm³/mol. The highest BCUT2D eigenvalue weighted by atomic mass is 16.2. The van der Waals surface area contributed by atoms with E-state index in [1.165, 1.54) is 0 Å². The predicted octanol–water partition coefficient (Wildman–Crippen LogP) is 1.49. The number of pyridine rings is 1. The summed E-state index contributed by atoms with van der Waals surface area (Å²) >= 11 is 0. The Bertz CT molecular complexity index is 295. The Kier molecular flexibility index (Phi) is 3.63. The molecule has 0 spiro atoms. The van der Waals surface area contributed by atoms with Crippen molar-refractivity contribution in [3.05, 3.63) is 30.1 Å². The number of hydrogen-bond donors (Lipinski definition) is 0. The number of carbonyl (C=O) groups is 1. The van der Waals surface area contributed by atoms with Crippen LogP contribution in [-0.2, 0) is 11.2 Å². The average molecular weight is 192 g/mol. The maximum absolute atomic E-state index is 11.7. The van der Waals surface area contributed by atoms with Crippen LogP contribution < -0.4 is 0 Å². The van der Waals surface area contributed by atoms with Crippen molar-refractivity contribution in [3.8, 4) is 0 Å². The number of rotatable bonds is 3. The summed E-state index contributed by atoms with van der Waals surface area (Å²) in [4.78, 5) is 17.3. The van der Waals surface area contributed by atoms with Gasteiger partial charge in [0.05, 0.1) is 6.42 Å². The van der Waals surface area contributed by atoms with E-state index in [4.69, 9.17) is 0 Å². The maximum atomic E-state index is 11.7. The Balaban J connectivity index is 2.58. The van der Waals surface area contributed by atoms with Gasteiger partial charge in [0.1, 0.15) is 0 Å². The summed E-state index contributed by atoms with van der Waals surface area (Å²) in [7, 11) is 1.83. The Hall–Kier alpha value is -1.38. The lowest BCUT2D eigenvalue weighted by atomic mass is 10.2. The zero-order chi connectivity index (χ0) is 10.6. The van der Waals surface area contributed by atoms with Gasteiger partial charge < -0.3 is 4.90 Å². The van der Waals surface area contributed by atoms with Gasteiger partial charge in [0.25, 0.3) is 0 Å². The fourth-order valence-electron chi connectivity index (χ4n) is 1.09. The topological polar surface area (TPSA) is 33.2 Å². The lowest BCUT2D eigenvalue weighted by Gasteiger charge is -2.21. The van der Waals surface area contributed by atoms with Crippen LogP contribution in [-0.4, -0.2) is 28.9 Å². The first kappa shape index (κ1) is 10.7. The quantitative estimate of drug-likeness (QED) is 0.727. The molecule has 76 valence electrons. The SMILES string of the molecule is CC(C)N(C)C(=O)Cc1ccncc1. The Morgan fingerprint density at radius 1 is 1.43 bits per heavy atom. The summed E-state index contributed by atoms with van der Waals surface area (Å²) in [5.41, 5.74) is 1.01. The molecule has 3 heteroatoms. The molecule has 1 amide bonds. The van der Waals surface area contributed by atoms with Crippen LogP contribution in [0, 0.1) is 0 Å². The van der Waals surface area contributed by atoms with E-state index in [1.54, 1.807) is 17.3 Å². The first-order valence-electron chi connectivity index (χ1n) is 4.76. The Morgan fingerprint density at radius 2 is 2.00 bits per heavy atom. The molecule has 0 unspecified atom stereocenters. The van der Waals surface area contributed by atoms with Gasteiger partial charge in [-0.1, -0.05) is 0 Å². The van der Waals surface area contributed by atoms with Crippen LogP contribution in [0.4, 0.5) is 0 Å². The maximum Gasteiger partial charge on any atom is 0.226 e. The van der Waals surface area contributed by atoms with Gasteiger partial charge in [-0.25, -0.2) is 0 Å². The van der Waals surface area contributed by atoms with Gasteiger partial charge in [-0.15, -0.1) is 0 Å². The van der Waals surface area contributed by atoms with E-state index in [0.29, 0.717) is 6.42 Å². The Morgan fingerprint density at radius 3 is 2.50 bits per heavy atom. The van der Waals surface area contributed by atoms with Crippen molar-refractivity contribution in [2.75, 3.05) is 7.05 Å². The minimum atomic E-state index is 0.145. The van der Waals surface area contributed by atoms with Crippen LogP contribution in [0.3, 0.4) is 0 Å². The number of aromatic nitrogens is 1. The van der Waals surface area contributed by atoms with Crippen LogP contribution in [0.25, 0.3) is 0 Å². The van der Waals surface area contributed by atoms with Crippen molar-refractivity contribution in [1.29, 1.82) is 0 Å². The van der Waals surface area contributed by atoms with Gasteiger partial charge in [-0.3, -0.25) is 9.78 Å². The Labute approximate surface area is 84.8 Å². The minimum Gasteiger partial charge on any atom is -0.343 e. The number of nitrogens with zero attached hydrogens (tertiary/aromatic N) is 2. The second-order valence-corrected chi connectivity index (χ2v) is 3.63. The molecule has 0 saturated heterocycles. The second-order valence-electron chi connectivity index (χ2n) is 3.63. The first-order valence-corrected chi connectivity index (χ1v) is 4.76. The monoisotopic (exact) mass is 192 g/mol. The number of likely N-dealkylation sites (N-methyl/N-ethyl adjacent to an activating group) is 1. The molecule has 1 rings (SSSR count). The van der Waals surface area contributed by atoms with Gasteiger partial charge in [0, 0.05) is 25.5 Å². The third-order valence-electron chi connectivity index (χ3n) is 2.27.